The fourth-order valence-electron chi connectivity index (χ4n) is 2.11. The van der Waals surface area contributed by atoms with Crippen LogP contribution in [0, 0.1) is 0 Å². The van der Waals surface area contributed by atoms with Gasteiger partial charge in [-0.25, -0.2) is 0 Å². The summed E-state index contributed by atoms with van der Waals surface area (Å²) in [6, 6.07) is 7.29. The Hall–Kier alpha value is -1.21. The second-order valence-electron chi connectivity index (χ2n) is 4.56. The van der Waals surface area contributed by atoms with E-state index < -0.39 is 0 Å². The van der Waals surface area contributed by atoms with Gasteiger partial charge in [0.15, 0.2) is 0 Å². The quantitative estimate of drug-likeness (QED) is 0.898. The molecule has 1 aromatic heterocycles. The van der Waals surface area contributed by atoms with Crippen LogP contribution in [0.15, 0.2) is 24.3 Å². The summed E-state index contributed by atoms with van der Waals surface area (Å²) in [4.78, 5) is 12.0. The van der Waals surface area contributed by atoms with Gasteiger partial charge < -0.3 is 5.32 Å². The fraction of sp³-hybridized carbons (Fsp3) is 0.308. The molecule has 0 radical (unpaired) electrons. The molecule has 2 heterocycles. The molecule has 1 aliphatic rings. The minimum atomic E-state index is -0.117. The van der Waals surface area contributed by atoms with Gasteiger partial charge in [-0.3, -0.25) is 10.1 Å². The Balaban J connectivity index is 0.00000161. The molecule has 0 bridgehead atoms. The van der Waals surface area contributed by atoms with E-state index in [9.17, 15) is 4.79 Å². The normalized spacial score (nSPS) is 17.3. The van der Waals surface area contributed by atoms with E-state index >= 15 is 0 Å². The smallest absolute Gasteiger partial charge is 0.243 e. The van der Waals surface area contributed by atoms with Gasteiger partial charge in [0.05, 0.1) is 6.04 Å². The Morgan fingerprint density at radius 1 is 1.43 bits per heavy atom. The molecule has 8 heteroatoms. The van der Waals surface area contributed by atoms with Crippen molar-refractivity contribution in [1.82, 2.24) is 15.5 Å². The zero-order chi connectivity index (χ0) is 13.9. The molecule has 1 amide bonds. The highest BCUT2D eigenvalue weighted by molar-refractivity contribution is 7.18. The highest BCUT2D eigenvalue weighted by Crippen LogP contribution is 2.28. The zero-order valence-electron chi connectivity index (χ0n) is 11.0. The number of hydrogen-bond acceptors (Lipinski definition) is 5. The first-order valence-electron chi connectivity index (χ1n) is 6.36. The van der Waals surface area contributed by atoms with Gasteiger partial charge in [-0.1, -0.05) is 35.1 Å². The third kappa shape index (κ3) is 3.91. The van der Waals surface area contributed by atoms with E-state index in [0.717, 1.165) is 30.0 Å². The number of nitrogens with zero attached hydrogens (tertiary/aromatic N) is 2. The average molecular weight is 345 g/mol. The number of nitrogens with one attached hydrogen (secondary N) is 2. The zero-order valence-corrected chi connectivity index (χ0v) is 13.4. The molecule has 1 aliphatic heterocycles. The van der Waals surface area contributed by atoms with Crippen molar-refractivity contribution in [3.05, 3.63) is 29.3 Å². The van der Waals surface area contributed by atoms with Gasteiger partial charge in [0, 0.05) is 10.6 Å². The molecule has 1 atom stereocenters. The van der Waals surface area contributed by atoms with Gasteiger partial charge >= 0.3 is 0 Å². The predicted octanol–water partition coefficient (Wildman–Crippen LogP) is 2.97. The predicted molar refractivity (Wildman–Crippen MR) is 87.3 cm³/mol. The van der Waals surface area contributed by atoms with Gasteiger partial charge in [0.25, 0.3) is 0 Å². The number of aromatic nitrogens is 2. The SMILES string of the molecule is Cl.O=C(Nc1nnc(-c2cccc(Cl)c2)s1)C1CCCN1. The van der Waals surface area contributed by atoms with E-state index in [0.29, 0.717) is 10.2 Å². The molecule has 0 saturated carbocycles. The molecule has 3 rings (SSSR count). The summed E-state index contributed by atoms with van der Waals surface area (Å²) in [6.07, 6.45) is 1.90. The number of rotatable bonds is 3. The topological polar surface area (TPSA) is 66.9 Å². The second-order valence-corrected chi connectivity index (χ2v) is 5.97. The molecule has 1 saturated heterocycles. The Morgan fingerprint density at radius 3 is 3.00 bits per heavy atom. The van der Waals surface area contributed by atoms with E-state index in [1.807, 2.05) is 18.2 Å². The molecular weight excluding hydrogens is 331 g/mol. The van der Waals surface area contributed by atoms with Crippen LogP contribution in [0.2, 0.25) is 5.02 Å². The number of carbonyl (C=O) groups excluding carboxylic acids is 1. The minimum Gasteiger partial charge on any atom is -0.306 e. The number of amides is 1. The summed E-state index contributed by atoms with van der Waals surface area (Å²) >= 11 is 7.29. The van der Waals surface area contributed by atoms with Crippen molar-refractivity contribution in [1.29, 1.82) is 0 Å². The monoisotopic (exact) mass is 344 g/mol. The minimum absolute atomic E-state index is 0. The summed E-state index contributed by atoms with van der Waals surface area (Å²) in [5.74, 6) is -0.0451. The molecule has 21 heavy (non-hydrogen) atoms. The number of anilines is 1. The first-order chi connectivity index (χ1) is 9.72. The van der Waals surface area contributed by atoms with Gasteiger partial charge in [-0.15, -0.1) is 22.6 Å². The lowest BCUT2D eigenvalue weighted by Crippen LogP contribution is -2.35. The summed E-state index contributed by atoms with van der Waals surface area (Å²) in [5.41, 5.74) is 0.898. The van der Waals surface area contributed by atoms with Crippen LogP contribution < -0.4 is 10.6 Å². The largest absolute Gasteiger partial charge is 0.306 e. The number of hydrogen-bond donors (Lipinski definition) is 2. The molecule has 1 aromatic carbocycles. The third-order valence-electron chi connectivity index (χ3n) is 3.10. The molecule has 5 nitrogen and oxygen atoms in total. The van der Waals surface area contributed by atoms with Crippen LogP contribution in [0.4, 0.5) is 5.13 Å². The highest BCUT2D eigenvalue weighted by atomic mass is 35.5. The highest BCUT2D eigenvalue weighted by Gasteiger charge is 2.23. The van der Waals surface area contributed by atoms with Crippen molar-refractivity contribution in [2.75, 3.05) is 11.9 Å². The molecule has 2 aromatic rings. The second kappa shape index (κ2) is 7.17. The Labute approximate surface area is 137 Å². The van der Waals surface area contributed by atoms with Crippen LogP contribution in [-0.4, -0.2) is 28.7 Å². The van der Waals surface area contributed by atoms with E-state index in [1.165, 1.54) is 11.3 Å². The maximum Gasteiger partial charge on any atom is 0.243 e. The standard InChI is InChI=1S/C13H13ClN4OS.ClH/c14-9-4-1-3-8(7-9)12-17-18-13(20-12)16-11(19)10-5-2-6-15-10;/h1,3-4,7,10,15H,2,5-6H2,(H,16,18,19);1H. The number of carbonyl (C=O) groups is 1. The van der Waals surface area contributed by atoms with Gasteiger partial charge in [0.2, 0.25) is 11.0 Å². The fourth-order valence-corrected chi connectivity index (χ4v) is 3.05. The summed E-state index contributed by atoms with van der Waals surface area (Å²) < 4.78 is 0. The lowest BCUT2D eigenvalue weighted by molar-refractivity contribution is -0.117. The van der Waals surface area contributed by atoms with Crippen molar-refractivity contribution in [3.8, 4) is 10.6 Å². The van der Waals surface area contributed by atoms with Crippen LogP contribution in [0.5, 0.6) is 0 Å². The molecule has 0 spiro atoms. The lowest BCUT2D eigenvalue weighted by atomic mass is 10.2. The molecule has 1 fully saturated rings. The molecule has 112 valence electrons. The van der Waals surface area contributed by atoms with Crippen LogP contribution in [0.25, 0.3) is 10.6 Å². The molecule has 2 N–H and O–H groups in total. The van der Waals surface area contributed by atoms with Gasteiger partial charge in [-0.05, 0) is 31.5 Å². The van der Waals surface area contributed by atoms with E-state index in [2.05, 4.69) is 20.8 Å². The third-order valence-corrected chi connectivity index (χ3v) is 4.23. The number of benzene rings is 1. The summed E-state index contributed by atoms with van der Waals surface area (Å²) in [5, 5.41) is 15.9. The van der Waals surface area contributed by atoms with Crippen LogP contribution in [0.3, 0.4) is 0 Å². The Morgan fingerprint density at radius 2 is 2.29 bits per heavy atom. The van der Waals surface area contributed by atoms with Crippen molar-refractivity contribution in [2.45, 2.75) is 18.9 Å². The molecule has 0 aliphatic carbocycles. The molecule has 1 unspecified atom stereocenters. The Bertz CT molecular complexity index is 628. The van der Waals surface area contributed by atoms with Gasteiger partial charge in [0.1, 0.15) is 5.01 Å². The van der Waals surface area contributed by atoms with Crippen molar-refractivity contribution < 1.29 is 4.79 Å². The van der Waals surface area contributed by atoms with Crippen LogP contribution in [0.1, 0.15) is 12.8 Å². The van der Waals surface area contributed by atoms with Gasteiger partial charge in [-0.2, -0.15) is 0 Å². The molecular formula is C13H14Cl2N4OS. The Kier molecular flexibility index (Phi) is 5.52. The van der Waals surface area contributed by atoms with Crippen molar-refractivity contribution in [2.24, 2.45) is 0 Å². The first kappa shape index (κ1) is 16.2. The maximum atomic E-state index is 12.0. The van der Waals surface area contributed by atoms with E-state index in [1.54, 1.807) is 6.07 Å². The number of halogens is 2. The van der Waals surface area contributed by atoms with Crippen LogP contribution in [-0.2, 0) is 4.79 Å². The summed E-state index contributed by atoms with van der Waals surface area (Å²) in [6.45, 7) is 0.891. The van der Waals surface area contributed by atoms with E-state index in [-0.39, 0.29) is 24.4 Å². The first-order valence-corrected chi connectivity index (χ1v) is 7.55. The maximum absolute atomic E-state index is 12.0. The summed E-state index contributed by atoms with van der Waals surface area (Å²) in [7, 11) is 0. The lowest BCUT2D eigenvalue weighted by Gasteiger charge is -2.07. The van der Waals surface area contributed by atoms with Crippen molar-refractivity contribution >= 4 is 46.4 Å². The van der Waals surface area contributed by atoms with E-state index in [4.69, 9.17) is 11.6 Å². The average Bonchev–Trinajstić information content (AvgIpc) is 3.10. The van der Waals surface area contributed by atoms with Crippen LogP contribution >= 0.6 is 35.3 Å². The van der Waals surface area contributed by atoms with Crippen molar-refractivity contribution in [3.63, 3.8) is 0 Å².